The summed E-state index contributed by atoms with van der Waals surface area (Å²) in [7, 11) is -3.19. The van der Waals surface area contributed by atoms with Crippen LogP contribution < -0.4 is 4.72 Å². The molecule has 0 spiro atoms. The maximum absolute atomic E-state index is 12.1. The molecule has 1 N–H and O–H groups in total. The Kier molecular flexibility index (Phi) is 5.64. The predicted molar refractivity (Wildman–Crippen MR) is 77.7 cm³/mol. The fourth-order valence-corrected chi connectivity index (χ4v) is 3.57. The Morgan fingerprint density at radius 1 is 1.48 bits per heavy atom. The van der Waals surface area contributed by atoms with Crippen LogP contribution >= 0.6 is 11.8 Å². The fraction of sp³-hybridized carbons (Fsp3) is 0.667. The third-order valence-corrected chi connectivity index (χ3v) is 4.57. The highest BCUT2D eigenvalue weighted by Crippen LogP contribution is 2.22. The van der Waals surface area contributed by atoms with E-state index in [4.69, 9.17) is 4.42 Å². The Morgan fingerprint density at radius 2 is 2.19 bits per heavy atom. The van der Waals surface area contributed by atoms with Gasteiger partial charge >= 0.3 is 0 Å². The Hall–Kier alpha value is -0.640. The largest absolute Gasteiger partial charge is 0.464 e. The molecule has 0 aromatic carbocycles. The summed E-state index contributed by atoms with van der Waals surface area (Å²) in [6.45, 7) is 1.95. The van der Waals surface area contributed by atoms with Crippen molar-refractivity contribution in [2.45, 2.75) is 30.5 Å². The van der Waals surface area contributed by atoms with Gasteiger partial charge in [0.25, 0.3) is 5.76 Å². The lowest BCUT2D eigenvalue weighted by molar-refractivity contribution is 0.251. The number of nitrogens with one attached hydrogen (secondary N) is 1. The van der Waals surface area contributed by atoms with E-state index < -0.39 is 15.8 Å². The molecular formula is C12H18F2N2O3S2. The van der Waals surface area contributed by atoms with Crippen molar-refractivity contribution in [1.82, 2.24) is 9.62 Å². The first-order valence-corrected chi connectivity index (χ1v) is 9.43. The SMILES string of the molecule is CS(=O)(=O)N[C@H]1CCN(Cc2ccc(CSC(F)F)o2)C1. The summed E-state index contributed by atoms with van der Waals surface area (Å²) >= 11 is 0.530. The van der Waals surface area contributed by atoms with E-state index in [-0.39, 0.29) is 11.8 Å². The van der Waals surface area contributed by atoms with Gasteiger partial charge in [0, 0.05) is 19.1 Å². The molecule has 0 radical (unpaired) electrons. The number of hydrogen-bond acceptors (Lipinski definition) is 5. The molecule has 1 aromatic rings. The van der Waals surface area contributed by atoms with Gasteiger partial charge in [-0.1, -0.05) is 11.8 Å². The van der Waals surface area contributed by atoms with Crippen LogP contribution in [0.15, 0.2) is 16.5 Å². The Labute approximate surface area is 127 Å². The van der Waals surface area contributed by atoms with Crippen LogP contribution in [0.5, 0.6) is 0 Å². The van der Waals surface area contributed by atoms with Gasteiger partial charge in [-0.15, -0.1) is 0 Å². The molecule has 0 unspecified atom stereocenters. The molecule has 1 fully saturated rings. The standard InChI is InChI=1S/C12H18F2N2O3S2/c1-21(17,18)15-9-4-5-16(6-9)7-10-2-3-11(19-10)8-20-12(13)14/h2-3,9,12,15H,4-8H2,1H3/t9-/m0/s1. The highest BCUT2D eigenvalue weighted by molar-refractivity contribution is 7.98. The maximum atomic E-state index is 12.1. The van der Waals surface area contributed by atoms with Crippen molar-refractivity contribution in [3.05, 3.63) is 23.7 Å². The normalized spacial score (nSPS) is 20.5. The van der Waals surface area contributed by atoms with Gasteiger partial charge in [0.15, 0.2) is 0 Å². The molecule has 1 aromatic heterocycles. The Bertz CT molecular complexity index is 563. The molecule has 0 aliphatic carbocycles. The van der Waals surface area contributed by atoms with Crippen LogP contribution in [0.25, 0.3) is 0 Å². The van der Waals surface area contributed by atoms with E-state index in [1.54, 1.807) is 12.1 Å². The second kappa shape index (κ2) is 7.08. The molecule has 2 heterocycles. The molecule has 1 aliphatic rings. The van der Waals surface area contributed by atoms with E-state index in [2.05, 4.69) is 9.62 Å². The smallest absolute Gasteiger partial charge is 0.284 e. The number of thioether (sulfide) groups is 1. The summed E-state index contributed by atoms with van der Waals surface area (Å²) in [4.78, 5) is 2.08. The van der Waals surface area contributed by atoms with Crippen LogP contribution in [0.4, 0.5) is 8.78 Å². The minimum atomic E-state index is -3.19. The summed E-state index contributed by atoms with van der Waals surface area (Å²) in [5.74, 6) is -1.02. The third kappa shape index (κ3) is 5.93. The number of hydrogen-bond donors (Lipinski definition) is 1. The van der Waals surface area contributed by atoms with E-state index in [0.29, 0.717) is 36.4 Å². The molecule has 9 heteroatoms. The molecule has 1 saturated heterocycles. The number of halogens is 2. The van der Waals surface area contributed by atoms with Gasteiger partial charge in [-0.25, -0.2) is 13.1 Å². The first kappa shape index (κ1) is 16.7. The van der Waals surface area contributed by atoms with Crippen LogP contribution in [0.2, 0.25) is 0 Å². The highest BCUT2D eigenvalue weighted by Gasteiger charge is 2.25. The number of alkyl halides is 2. The fourth-order valence-electron chi connectivity index (χ4n) is 2.33. The van der Waals surface area contributed by atoms with Gasteiger partial charge in [0.05, 0.1) is 18.6 Å². The quantitative estimate of drug-likeness (QED) is 0.821. The lowest BCUT2D eigenvalue weighted by Gasteiger charge is -2.14. The first-order valence-electron chi connectivity index (χ1n) is 6.49. The molecule has 5 nitrogen and oxygen atoms in total. The molecule has 1 atom stereocenters. The van der Waals surface area contributed by atoms with Crippen molar-refractivity contribution in [1.29, 1.82) is 0 Å². The molecular weight excluding hydrogens is 322 g/mol. The number of likely N-dealkylation sites (tertiary alicyclic amines) is 1. The summed E-state index contributed by atoms with van der Waals surface area (Å²) in [5.41, 5.74) is 0. The van der Waals surface area contributed by atoms with E-state index >= 15 is 0 Å². The molecule has 21 heavy (non-hydrogen) atoms. The van der Waals surface area contributed by atoms with Crippen LogP contribution in [-0.4, -0.2) is 44.5 Å². The van der Waals surface area contributed by atoms with E-state index in [1.807, 2.05) is 0 Å². The van der Waals surface area contributed by atoms with Crippen molar-refractivity contribution in [3.8, 4) is 0 Å². The van der Waals surface area contributed by atoms with Gasteiger partial charge in [-0.3, -0.25) is 4.90 Å². The average Bonchev–Trinajstić information content (AvgIpc) is 2.95. The Balaban J connectivity index is 1.80. The van der Waals surface area contributed by atoms with E-state index in [1.165, 1.54) is 0 Å². The molecule has 2 rings (SSSR count). The van der Waals surface area contributed by atoms with Crippen LogP contribution in [0, 0.1) is 0 Å². The summed E-state index contributed by atoms with van der Waals surface area (Å²) in [6, 6.07) is 3.40. The van der Waals surface area contributed by atoms with E-state index in [0.717, 1.165) is 19.2 Å². The molecule has 120 valence electrons. The monoisotopic (exact) mass is 340 g/mol. The zero-order valence-electron chi connectivity index (χ0n) is 11.6. The average molecular weight is 340 g/mol. The minimum absolute atomic E-state index is 0.0798. The van der Waals surface area contributed by atoms with Crippen molar-refractivity contribution < 1.29 is 21.6 Å². The van der Waals surface area contributed by atoms with Gasteiger partial charge < -0.3 is 4.42 Å². The van der Waals surface area contributed by atoms with Crippen LogP contribution in [0.1, 0.15) is 17.9 Å². The summed E-state index contributed by atoms with van der Waals surface area (Å²) < 4.78 is 54.6. The Morgan fingerprint density at radius 3 is 2.86 bits per heavy atom. The predicted octanol–water partition coefficient (Wildman–Crippen LogP) is 1.86. The van der Waals surface area contributed by atoms with Crippen molar-refractivity contribution in [3.63, 3.8) is 0 Å². The van der Waals surface area contributed by atoms with Crippen molar-refractivity contribution in [2.75, 3.05) is 19.3 Å². The molecule has 0 bridgehead atoms. The topological polar surface area (TPSA) is 62.6 Å². The maximum Gasteiger partial charge on any atom is 0.284 e. The highest BCUT2D eigenvalue weighted by atomic mass is 32.2. The van der Waals surface area contributed by atoms with Gasteiger partial charge in [-0.2, -0.15) is 8.78 Å². The molecule has 0 amide bonds. The van der Waals surface area contributed by atoms with Gasteiger partial charge in [0.2, 0.25) is 10.0 Å². The zero-order valence-corrected chi connectivity index (χ0v) is 13.2. The first-order chi connectivity index (χ1) is 9.82. The number of sulfonamides is 1. The number of rotatable bonds is 7. The molecule has 0 saturated carbocycles. The molecule has 1 aliphatic heterocycles. The van der Waals surface area contributed by atoms with Gasteiger partial charge in [-0.05, 0) is 18.6 Å². The van der Waals surface area contributed by atoms with E-state index in [9.17, 15) is 17.2 Å². The number of nitrogens with zero attached hydrogens (tertiary/aromatic N) is 1. The second-order valence-electron chi connectivity index (χ2n) is 5.05. The lowest BCUT2D eigenvalue weighted by Crippen LogP contribution is -2.36. The van der Waals surface area contributed by atoms with Crippen LogP contribution in [0.3, 0.4) is 0 Å². The van der Waals surface area contributed by atoms with Crippen molar-refractivity contribution >= 4 is 21.8 Å². The summed E-state index contributed by atoms with van der Waals surface area (Å²) in [5, 5.41) is 0. The van der Waals surface area contributed by atoms with Crippen LogP contribution in [-0.2, 0) is 22.3 Å². The van der Waals surface area contributed by atoms with Gasteiger partial charge in [0.1, 0.15) is 11.5 Å². The minimum Gasteiger partial charge on any atom is -0.464 e. The summed E-state index contributed by atoms with van der Waals surface area (Å²) in [6.07, 6.45) is 1.90. The third-order valence-electron chi connectivity index (χ3n) is 3.10. The second-order valence-corrected chi connectivity index (χ2v) is 7.81. The van der Waals surface area contributed by atoms with Crippen molar-refractivity contribution in [2.24, 2.45) is 0 Å². The lowest BCUT2D eigenvalue weighted by atomic mass is 10.3. The number of furan rings is 1. The zero-order chi connectivity index (χ0) is 15.5.